The predicted octanol–water partition coefficient (Wildman–Crippen LogP) is -0.366. The molecule has 5 heteroatoms. The number of rotatable bonds is 3. The molecule has 5 nitrogen and oxygen atoms in total. The lowest BCUT2D eigenvalue weighted by molar-refractivity contribution is 0.00235. The van der Waals surface area contributed by atoms with E-state index in [0.717, 1.165) is 32.6 Å². The van der Waals surface area contributed by atoms with Gasteiger partial charge in [-0.25, -0.2) is 0 Å². The third-order valence-electron chi connectivity index (χ3n) is 4.87. The van der Waals surface area contributed by atoms with Crippen LogP contribution in [0.25, 0.3) is 0 Å². The summed E-state index contributed by atoms with van der Waals surface area (Å²) in [4.78, 5) is 2.53. The smallest absolute Gasteiger partial charge is 0.0693 e. The van der Waals surface area contributed by atoms with E-state index in [1.54, 1.807) is 0 Å². The Kier molecular flexibility index (Phi) is 3.86. The summed E-state index contributed by atoms with van der Waals surface area (Å²) in [5.74, 6) is 0.628. The minimum absolute atomic E-state index is 0.169. The van der Waals surface area contributed by atoms with Gasteiger partial charge in [0.1, 0.15) is 0 Å². The Morgan fingerprint density at radius 2 is 2.17 bits per heavy atom. The second kappa shape index (κ2) is 5.43. The maximum absolute atomic E-state index is 10.2. The second-order valence-corrected chi connectivity index (χ2v) is 5.84. The topological polar surface area (TPSA) is 59.6 Å². The average molecular weight is 254 g/mol. The van der Waals surface area contributed by atoms with E-state index in [0.29, 0.717) is 24.3 Å². The number of hydrogen-bond acceptors (Lipinski definition) is 5. The lowest BCUT2D eigenvalue weighted by Crippen LogP contribution is -2.65. The van der Waals surface area contributed by atoms with Gasteiger partial charge in [0.15, 0.2) is 0 Å². The van der Waals surface area contributed by atoms with Crippen molar-refractivity contribution in [1.29, 1.82) is 0 Å². The van der Waals surface area contributed by atoms with Crippen LogP contribution >= 0.6 is 0 Å². The molecule has 0 aromatic carbocycles. The van der Waals surface area contributed by atoms with Crippen LogP contribution in [0.5, 0.6) is 0 Å². The number of aliphatic hydroxyl groups excluding tert-OH is 1. The monoisotopic (exact) mass is 254 g/mol. The van der Waals surface area contributed by atoms with Crippen molar-refractivity contribution in [3.05, 3.63) is 0 Å². The van der Waals surface area contributed by atoms with E-state index in [1.165, 1.54) is 12.8 Å². The van der Waals surface area contributed by atoms with Crippen molar-refractivity contribution in [2.45, 2.75) is 57.1 Å². The second-order valence-electron chi connectivity index (χ2n) is 5.84. The maximum atomic E-state index is 10.2. The highest BCUT2D eigenvalue weighted by molar-refractivity contribution is 4.97. The molecule has 3 saturated heterocycles. The van der Waals surface area contributed by atoms with Gasteiger partial charge in [-0.2, -0.15) is 0 Å². The Morgan fingerprint density at radius 3 is 3.00 bits per heavy atom. The first kappa shape index (κ1) is 12.8. The van der Waals surface area contributed by atoms with Gasteiger partial charge >= 0.3 is 0 Å². The molecule has 0 radical (unpaired) electrons. The molecule has 3 aliphatic rings. The number of hydrogen-bond donors (Lipinski definition) is 4. The van der Waals surface area contributed by atoms with Crippen LogP contribution in [0.3, 0.4) is 0 Å². The molecule has 3 rings (SSSR count). The fraction of sp³-hybridized carbons (Fsp3) is 1.00. The largest absolute Gasteiger partial charge is 0.392 e. The summed E-state index contributed by atoms with van der Waals surface area (Å²) in [5.41, 5.74) is 0. The van der Waals surface area contributed by atoms with Crippen molar-refractivity contribution in [2.24, 2.45) is 5.92 Å². The Balaban J connectivity index is 1.72. The molecule has 0 aromatic rings. The number of fused-ring (bicyclic) bond motifs is 1. The van der Waals surface area contributed by atoms with E-state index in [2.05, 4.69) is 27.8 Å². The first-order valence-corrected chi connectivity index (χ1v) is 7.45. The van der Waals surface area contributed by atoms with Gasteiger partial charge in [0.2, 0.25) is 0 Å². The number of likely N-dealkylation sites (tertiary alicyclic amines) is 1. The highest BCUT2D eigenvalue weighted by atomic mass is 16.3. The maximum Gasteiger partial charge on any atom is 0.0693 e. The molecular weight excluding hydrogens is 228 g/mol. The SMILES string of the molecule is CCC(O)[C@H]1CCCN1C1NCNC2NCCC21. The van der Waals surface area contributed by atoms with Gasteiger partial charge in [-0.15, -0.1) is 0 Å². The number of nitrogens with one attached hydrogen (secondary N) is 3. The summed E-state index contributed by atoms with van der Waals surface area (Å²) < 4.78 is 0. The van der Waals surface area contributed by atoms with Crippen molar-refractivity contribution in [3.63, 3.8) is 0 Å². The highest BCUT2D eigenvalue weighted by Crippen LogP contribution is 2.30. The zero-order valence-electron chi connectivity index (χ0n) is 11.2. The Hall–Kier alpha value is -0.200. The van der Waals surface area contributed by atoms with Crippen molar-refractivity contribution in [2.75, 3.05) is 19.8 Å². The van der Waals surface area contributed by atoms with Crippen LogP contribution in [0.2, 0.25) is 0 Å². The fourth-order valence-electron chi connectivity index (χ4n) is 3.92. The molecule has 0 saturated carbocycles. The molecule has 0 spiro atoms. The molecule has 3 fully saturated rings. The zero-order valence-corrected chi connectivity index (χ0v) is 11.2. The number of aliphatic hydroxyl groups is 1. The molecule has 0 aliphatic carbocycles. The van der Waals surface area contributed by atoms with E-state index in [9.17, 15) is 5.11 Å². The Bertz CT molecular complexity index is 288. The van der Waals surface area contributed by atoms with Gasteiger partial charge < -0.3 is 10.4 Å². The van der Waals surface area contributed by atoms with Gasteiger partial charge in [0.25, 0.3) is 0 Å². The fourth-order valence-corrected chi connectivity index (χ4v) is 3.92. The summed E-state index contributed by atoms with van der Waals surface area (Å²) in [5, 5.41) is 20.8. The zero-order chi connectivity index (χ0) is 12.5. The van der Waals surface area contributed by atoms with E-state index in [4.69, 9.17) is 0 Å². The molecular formula is C13H26N4O. The third-order valence-corrected chi connectivity index (χ3v) is 4.87. The van der Waals surface area contributed by atoms with Crippen molar-refractivity contribution < 1.29 is 5.11 Å². The average Bonchev–Trinajstić information content (AvgIpc) is 3.05. The highest BCUT2D eigenvalue weighted by Gasteiger charge is 2.43. The summed E-state index contributed by atoms with van der Waals surface area (Å²) >= 11 is 0. The molecule has 3 heterocycles. The van der Waals surface area contributed by atoms with E-state index >= 15 is 0 Å². The molecule has 4 unspecified atom stereocenters. The molecule has 0 aromatic heterocycles. The molecule has 5 atom stereocenters. The van der Waals surface area contributed by atoms with Crippen molar-refractivity contribution in [1.82, 2.24) is 20.9 Å². The van der Waals surface area contributed by atoms with Crippen LogP contribution in [-0.4, -0.2) is 54.2 Å². The van der Waals surface area contributed by atoms with Gasteiger partial charge in [-0.1, -0.05) is 6.92 Å². The van der Waals surface area contributed by atoms with Crippen LogP contribution in [-0.2, 0) is 0 Å². The molecule has 0 amide bonds. The van der Waals surface area contributed by atoms with Gasteiger partial charge in [-0.05, 0) is 32.2 Å². The molecule has 104 valence electrons. The van der Waals surface area contributed by atoms with Crippen LogP contribution in [0, 0.1) is 5.92 Å². The Labute approximate surface area is 109 Å². The van der Waals surface area contributed by atoms with Crippen LogP contribution in [0.15, 0.2) is 0 Å². The Morgan fingerprint density at radius 1 is 1.28 bits per heavy atom. The quantitative estimate of drug-likeness (QED) is 0.554. The third kappa shape index (κ3) is 2.18. The van der Waals surface area contributed by atoms with E-state index < -0.39 is 0 Å². The summed E-state index contributed by atoms with van der Waals surface area (Å²) in [7, 11) is 0. The normalized spacial score (nSPS) is 43.0. The summed E-state index contributed by atoms with van der Waals surface area (Å²) in [6.07, 6.45) is 5.16. The molecule has 0 bridgehead atoms. The first-order valence-electron chi connectivity index (χ1n) is 7.45. The van der Waals surface area contributed by atoms with E-state index in [1.807, 2.05) is 0 Å². The minimum atomic E-state index is -0.169. The number of nitrogens with zero attached hydrogens (tertiary/aromatic N) is 1. The standard InChI is InChI=1S/C13H26N4O/c1-2-11(18)10-4-3-7-17(10)13-9-5-6-14-12(9)15-8-16-13/h9-16,18H,2-8H2,1H3/t9?,10-,11?,12?,13?/m1/s1. The van der Waals surface area contributed by atoms with Gasteiger partial charge in [0.05, 0.1) is 18.4 Å². The summed E-state index contributed by atoms with van der Waals surface area (Å²) in [6.45, 7) is 5.18. The van der Waals surface area contributed by atoms with E-state index in [-0.39, 0.29) is 6.10 Å². The van der Waals surface area contributed by atoms with Crippen LogP contribution in [0.1, 0.15) is 32.6 Å². The first-order chi connectivity index (χ1) is 8.81. The van der Waals surface area contributed by atoms with Gasteiger partial charge in [-0.3, -0.25) is 15.5 Å². The lowest BCUT2D eigenvalue weighted by atomic mass is 9.97. The lowest BCUT2D eigenvalue weighted by Gasteiger charge is -2.43. The van der Waals surface area contributed by atoms with Crippen LogP contribution in [0.4, 0.5) is 0 Å². The molecule has 18 heavy (non-hydrogen) atoms. The summed E-state index contributed by atoms with van der Waals surface area (Å²) in [6, 6.07) is 0.354. The van der Waals surface area contributed by atoms with Gasteiger partial charge in [0, 0.05) is 25.2 Å². The molecule has 3 aliphatic heterocycles. The van der Waals surface area contributed by atoms with Crippen molar-refractivity contribution in [3.8, 4) is 0 Å². The predicted molar refractivity (Wildman–Crippen MR) is 70.8 cm³/mol. The minimum Gasteiger partial charge on any atom is -0.392 e. The van der Waals surface area contributed by atoms with Crippen LogP contribution < -0.4 is 16.0 Å². The molecule has 4 N–H and O–H groups in total. The van der Waals surface area contributed by atoms with Crippen molar-refractivity contribution >= 4 is 0 Å².